The molecule has 1 amide bonds. The van der Waals surface area contributed by atoms with Crippen LogP contribution in [0.3, 0.4) is 0 Å². The van der Waals surface area contributed by atoms with E-state index in [1.54, 1.807) is 0 Å². The van der Waals surface area contributed by atoms with Crippen molar-refractivity contribution >= 4 is 5.91 Å². The van der Waals surface area contributed by atoms with E-state index in [0.717, 1.165) is 19.5 Å². The molecule has 1 atom stereocenters. The highest BCUT2D eigenvalue weighted by molar-refractivity contribution is 5.76. The second-order valence-corrected chi connectivity index (χ2v) is 3.71. The van der Waals surface area contributed by atoms with Gasteiger partial charge in [-0.25, -0.2) is 0 Å². The first-order chi connectivity index (χ1) is 6.70. The Bertz CT molecular complexity index is 148. The molecule has 3 nitrogen and oxygen atoms in total. The molecule has 0 aliphatic heterocycles. The second kappa shape index (κ2) is 9.00. The van der Waals surface area contributed by atoms with Crippen molar-refractivity contribution in [1.82, 2.24) is 10.6 Å². The Morgan fingerprint density at radius 2 is 2.07 bits per heavy atom. The van der Waals surface area contributed by atoms with Gasteiger partial charge in [-0.3, -0.25) is 4.79 Å². The number of carbonyl (C=O) groups excluding carboxylic acids is 1. The zero-order chi connectivity index (χ0) is 10.8. The Kier molecular flexibility index (Phi) is 8.64. The van der Waals surface area contributed by atoms with Gasteiger partial charge < -0.3 is 10.6 Å². The van der Waals surface area contributed by atoms with Gasteiger partial charge in [-0.1, -0.05) is 26.7 Å². The Labute approximate surface area is 87.6 Å². The minimum atomic E-state index is 0.162. The average molecular weight is 200 g/mol. The van der Waals surface area contributed by atoms with Gasteiger partial charge in [-0.05, 0) is 19.9 Å². The summed E-state index contributed by atoms with van der Waals surface area (Å²) >= 11 is 0. The molecule has 0 rings (SSSR count). The van der Waals surface area contributed by atoms with Crippen molar-refractivity contribution in [3.05, 3.63) is 0 Å². The maximum atomic E-state index is 11.3. The van der Waals surface area contributed by atoms with Crippen molar-refractivity contribution in [2.24, 2.45) is 0 Å². The number of amides is 1. The van der Waals surface area contributed by atoms with Crippen LogP contribution in [-0.2, 0) is 4.79 Å². The maximum absolute atomic E-state index is 11.3. The SMILES string of the molecule is CCCCC(C)NC(=O)CCNCC. The van der Waals surface area contributed by atoms with E-state index >= 15 is 0 Å². The molecule has 0 saturated carbocycles. The van der Waals surface area contributed by atoms with Gasteiger partial charge >= 0.3 is 0 Å². The maximum Gasteiger partial charge on any atom is 0.221 e. The quantitative estimate of drug-likeness (QED) is 0.585. The zero-order valence-electron chi connectivity index (χ0n) is 9.73. The van der Waals surface area contributed by atoms with Gasteiger partial charge in [-0.2, -0.15) is 0 Å². The summed E-state index contributed by atoms with van der Waals surface area (Å²) in [4.78, 5) is 11.3. The summed E-state index contributed by atoms with van der Waals surface area (Å²) in [5.74, 6) is 0.162. The molecule has 0 saturated heterocycles. The fraction of sp³-hybridized carbons (Fsp3) is 0.909. The van der Waals surface area contributed by atoms with Crippen molar-refractivity contribution in [2.45, 2.75) is 52.5 Å². The standard InChI is InChI=1S/C11H24N2O/c1-4-6-7-10(3)13-11(14)8-9-12-5-2/h10,12H,4-9H2,1-3H3,(H,13,14). The summed E-state index contributed by atoms with van der Waals surface area (Å²) in [6.07, 6.45) is 4.06. The second-order valence-electron chi connectivity index (χ2n) is 3.71. The highest BCUT2D eigenvalue weighted by Crippen LogP contribution is 1.99. The molecule has 1 unspecified atom stereocenters. The molecule has 0 fully saturated rings. The third-order valence-electron chi connectivity index (χ3n) is 2.18. The van der Waals surface area contributed by atoms with Crippen molar-refractivity contribution in [3.8, 4) is 0 Å². The van der Waals surface area contributed by atoms with E-state index in [0.29, 0.717) is 12.5 Å². The number of rotatable bonds is 8. The fourth-order valence-electron chi connectivity index (χ4n) is 1.31. The van der Waals surface area contributed by atoms with Crippen LogP contribution in [0.15, 0.2) is 0 Å². The Morgan fingerprint density at radius 1 is 1.36 bits per heavy atom. The molecule has 0 heterocycles. The summed E-state index contributed by atoms with van der Waals surface area (Å²) in [5.41, 5.74) is 0. The van der Waals surface area contributed by atoms with Crippen molar-refractivity contribution < 1.29 is 4.79 Å². The lowest BCUT2D eigenvalue weighted by Gasteiger charge is -2.13. The molecule has 84 valence electrons. The van der Waals surface area contributed by atoms with Gasteiger partial charge in [0.15, 0.2) is 0 Å². The fourth-order valence-corrected chi connectivity index (χ4v) is 1.31. The number of carbonyl (C=O) groups is 1. The van der Waals surface area contributed by atoms with E-state index < -0.39 is 0 Å². The van der Waals surface area contributed by atoms with Crippen LogP contribution in [0.2, 0.25) is 0 Å². The summed E-state index contributed by atoms with van der Waals surface area (Å²) in [6, 6.07) is 0.323. The Balaban J connectivity index is 3.40. The predicted octanol–water partition coefficient (Wildman–Crippen LogP) is 1.68. The lowest BCUT2D eigenvalue weighted by Crippen LogP contribution is -2.34. The van der Waals surface area contributed by atoms with Gasteiger partial charge in [0.2, 0.25) is 5.91 Å². The predicted molar refractivity (Wildman–Crippen MR) is 60.3 cm³/mol. The van der Waals surface area contributed by atoms with Gasteiger partial charge in [0.25, 0.3) is 0 Å². The lowest BCUT2D eigenvalue weighted by atomic mass is 10.1. The van der Waals surface area contributed by atoms with E-state index in [1.807, 2.05) is 6.92 Å². The van der Waals surface area contributed by atoms with Crippen LogP contribution >= 0.6 is 0 Å². The monoisotopic (exact) mass is 200 g/mol. The van der Waals surface area contributed by atoms with Crippen LogP contribution in [0.1, 0.15) is 46.5 Å². The largest absolute Gasteiger partial charge is 0.354 e. The lowest BCUT2D eigenvalue weighted by molar-refractivity contribution is -0.121. The number of hydrogen-bond acceptors (Lipinski definition) is 2. The first kappa shape index (κ1) is 13.4. The van der Waals surface area contributed by atoms with Crippen LogP contribution in [0.5, 0.6) is 0 Å². The molecular weight excluding hydrogens is 176 g/mol. The number of nitrogens with one attached hydrogen (secondary N) is 2. The van der Waals surface area contributed by atoms with Gasteiger partial charge in [0.1, 0.15) is 0 Å². The smallest absolute Gasteiger partial charge is 0.221 e. The number of unbranched alkanes of at least 4 members (excludes halogenated alkanes) is 1. The molecule has 0 bridgehead atoms. The molecule has 0 spiro atoms. The van der Waals surface area contributed by atoms with Crippen molar-refractivity contribution in [1.29, 1.82) is 0 Å². The first-order valence-electron chi connectivity index (χ1n) is 5.70. The molecule has 3 heteroatoms. The number of hydrogen-bond donors (Lipinski definition) is 2. The highest BCUT2D eigenvalue weighted by atomic mass is 16.1. The van der Waals surface area contributed by atoms with Crippen LogP contribution in [-0.4, -0.2) is 25.0 Å². The summed E-state index contributed by atoms with van der Waals surface area (Å²) in [5, 5.41) is 6.13. The minimum absolute atomic E-state index is 0.162. The van der Waals surface area contributed by atoms with Crippen molar-refractivity contribution in [3.63, 3.8) is 0 Å². The third kappa shape index (κ3) is 8.05. The Hall–Kier alpha value is -0.570. The zero-order valence-corrected chi connectivity index (χ0v) is 9.73. The highest BCUT2D eigenvalue weighted by Gasteiger charge is 2.05. The Morgan fingerprint density at radius 3 is 2.64 bits per heavy atom. The van der Waals surface area contributed by atoms with E-state index in [-0.39, 0.29) is 5.91 Å². The summed E-state index contributed by atoms with van der Waals surface area (Å²) in [7, 11) is 0. The molecule has 2 N–H and O–H groups in total. The van der Waals surface area contributed by atoms with Gasteiger partial charge in [-0.15, -0.1) is 0 Å². The van der Waals surface area contributed by atoms with Crippen LogP contribution in [0.25, 0.3) is 0 Å². The molecule has 0 radical (unpaired) electrons. The summed E-state index contributed by atoms with van der Waals surface area (Å²) < 4.78 is 0. The summed E-state index contributed by atoms with van der Waals surface area (Å²) in [6.45, 7) is 7.99. The van der Waals surface area contributed by atoms with E-state index in [9.17, 15) is 4.79 Å². The average Bonchev–Trinajstić information content (AvgIpc) is 2.15. The molecule has 0 aliphatic rings. The van der Waals surface area contributed by atoms with Crippen molar-refractivity contribution in [2.75, 3.05) is 13.1 Å². The van der Waals surface area contributed by atoms with E-state index in [4.69, 9.17) is 0 Å². The van der Waals surface area contributed by atoms with Crippen LogP contribution in [0, 0.1) is 0 Å². The molecule has 0 aromatic carbocycles. The molecule has 14 heavy (non-hydrogen) atoms. The van der Waals surface area contributed by atoms with Crippen LogP contribution in [0.4, 0.5) is 0 Å². The van der Waals surface area contributed by atoms with Crippen LogP contribution < -0.4 is 10.6 Å². The molecule has 0 aliphatic carbocycles. The third-order valence-corrected chi connectivity index (χ3v) is 2.18. The minimum Gasteiger partial charge on any atom is -0.354 e. The van der Waals surface area contributed by atoms with E-state index in [1.165, 1.54) is 12.8 Å². The van der Waals surface area contributed by atoms with Gasteiger partial charge in [0.05, 0.1) is 0 Å². The van der Waals surface area contributed by atoms with E-state index in [2.05, 4.69) is 24.5 Å². The van der Waals surface area contributed by atoms with Gasteiger partial charge in [0, 0.05) is 19.0 Å². The molecular formula is C11H24N2O. The molecule has 0 aromatic heterocycles. The first-order valence-corrected chi connectivity index (χ1v) is 5.70. The topological polar surface area (TPSA) is 41.1 Å². The molecule has 0 aromatic rings. The normalized spacial score (nSPS) is 12.5.